The van der Waals surface area contributed by atoms with Gasteiger partial charge in [-0.15, -0.1) is 0 Å². The van der Waals surface area contributed by atoms with E-state index < -0.39 is 60.4 Å². The zero-order valence-corrected chi connectivity index (χ0v) is 21.0. The molecule has 11 heteroatoms. The van der Waals surface area contributed by atoms with Gasteiger partial charge in [0.25, 0.3) is 11.8 Å². The Bertz CT molecular complexity index is 1190. The Labute approximate surface area is 218 Å². The number of esters is 3. The van der Waals surface area contributed by atoms with Gasteiger partial charge in [0.15, 0.2) is 18.5 Å². The van der Waals surface area contributed by atoms with Crippen molar-refractivity contribution in [1.29, 1.82) is 0 Å². The third kappa shape index (κ3) is 5.74. The number of ether oxygens (including phenoxy) is 5. The molecule has 2 amide bonds. The number of imide groups is 1. The monoisotopic (exact) mass is 525 g/mol. The second-order valence-electron chi connectivity index (χ2n) is 8.81. The van der Waals surface area contributed by atoms with E-state index in [1.54, 1.807) is 24.3 Å². The maximum absolute atomic E-state index is 13.5. The van der Waals surface area contributed by atoms with Crippen molar-refractivity contribution in [3.05, 3.63) is 71.3 Å². The third-order valence-corrected chi connectivity index (χ3v) is 6.05. The van der Waals surface area contributed by atoms with Gasteiger partial charge in [-0.25, -0.2) is 0 Å². The summed E-state index contributed by atoms with van der Waals surface area (Å²) < 4.78 is 28.3. The largest absolute Gasteiger partial charge is 0.463 e. The molecule has 0 aromatic heterocycles. The first-order valence-corrected chi connectivity index (χ1v) is 11.9. The first-order chi connectivity index (χ1) is 18.2. The quantitative estimate of drug-likeness (QED) is 0.286. The van der Waals surface area contributed by atoms with Crippen molar-refractivity contribution in [2.45, 2.75) is 58.0 Å². The molecule has 0 aliphatic carbocycles. The Morgan fingerprint density at radius 2 is 1.34 bits per heavy atom. The summed E-state index contributed by atoms with van der Waals surface area (Å²) in [6, 6.07) is 14.0. The van der Waals surface area contributed by atoms with E-state index >= 15 is 0 Å². The van der Waals surface area contributed by atoms with Crippen molar-refractivity contribution in [3.8, 4) is 0 Å². The Morgan fingerprint density at radius 3 is 1.89 bits per heavy atom. The number of benzene rings is 2. The van der Waals surface area contributed by atoms with E-state index in [4.69, 9.17) is 23.7 Å². The molecular formula is C27H27NO10. The van der Waals surface area contributed by atoms with Crippen molar-refractivity contribution in [1.82, 2.24) is 4.90 Å². The van der Waals surface area contributed by atoms with Gasteiger partial charge in [0.2, 0.25) is 0 Å². The highest BCUT2D eigenvalue weighted by atomic mass is 16.7. The first-order valence-electron chi connectivity index (χ1n) is 11.9. The van der Waals surface area contributed by atoms with E-state index in [0.29, 0.717) is 0 Å². The van der Waals surface area contributed by atoms with E-state index in [0.717, 1.165) is 24.3 Å². The zero-order chi connectivity index (χ0) is 27.4. The highest BCUT2D eigenvalue weighted by Gasteiger charge is 2.57. The molecule has 11 nitrogen and oxygen atoms in total. The molecule has 0 N–H and O–H groups in total. The van der Waals surface area contributed by atoms with Crippen LogP contribution in [0.25, 0.3) is 0 Å². The van der Waals surface area contributed by atoms with Gasteiger partial charge in [0.1, 0.15) is 18.8 Å². The predicted octanol–water partition coefficient (Wildman–Crippen LogP) is 2.02. The van der Waals surface area contributed by atoms with Crippen molar-refractivity contribution in [2.75, 3.05) is 6.61 Å². The molecule has 0 bridgehead atoms. The van der Waals surface area contributed by atoms with Crippen molar-refractivity contribution >= 4 is 29.7 Å². The van der Waals surface area contributed by atoms with Crippen LogP contribution in [0.4, 0.5) is 0 Å². The van der Waals surface area contributed by atoms with Crippen LogP contribution < -0.4 is 0 Å². The summed E-state index contributed by atoms with van der Waals surface area (Å²) in [5.74, 6) is -3.42. The number of nitrogens with zero attached hydrogens (tertiary/aromatic N) is 1. The fourth-order valence-corrected chi connectivity index (χ4v) is 4.53. The smallest absolute Gasteiger partial charge is 0.303 e. The lowest BCUT2D eigenvalue weighted by Gasteiger charge is -2.47. The van der Waals surface area contributed by atoms with Crippen LogP contribution in [0.2, 0.25) is 0 Å². The molecule has 38 heavy (non-hydrogen) atoms. The molecule has 0 saturated carbocycles. The number of amides is 2. The molecule has 2 aliphatic heterocycles. The summed E-state index contributed by atoms with van der Waals surface area (Å²) >= 11 is 0. The van der Waals surface area contributed by atoms with Crippen molar-refractivity contribution < 1.29 is 47.7 Å². The Morgan fingerprint density at radius 1 is 0.789 bits per heavy atom. The minimum absolute atomic E-state index is 0.0104. The lowest BCUT2D eigenvalue weighted by Crippen LogP contribution is -2.67. The van der Waals surface area contributed by atoms with Crippen LogP contribution in [0.5, 0.6) is 0 Å². The number of fused-ring (bicyclic) bond motifs is 1. The van der Waals surface area contributed by atoms with Gasteiger partial charge in [-0.1, -0.05) is 42.5 Å². The predicted molar refractivity (Wildman–Crippen MR) is 128 cm³/mol. The van der Waals surface area contributed by atoms with Crippen LogP contribution in [0.1, 0.15) is 47.1 Å². The molecule has 2 aliphatic rings. The lowest BCUT2D eigenvalue weighted by atomic mass is 9.94. The van der Waals surface area contributed by atoms with Gasteiger partial charge < -0.3 is 23.7 Å². The summed E-state index contributed by atoms with van der Waals surface area (Å²) in [5.41, 5.74) is 1.08. The highest BCUT2D eigenvalue weighted by Crippen LogP contribution is 2.35. The lowest BCUT2D eigenvalue weighted by molar-refractivity contribution is -0.288. The maximum Gasteiger partial charge on any atom is 0.303 e. The average molecular weight is 526 g/mol. The second-order valence-corrected chi connectivity index (χ2v) is 8.81. The Kier molecular flexibility index (Phi) is 8.18. The molecule has 5 atom stereocenters. The molecule has 200 valence electrons. The number of hydrogen-bond donors (Lipinski definition) is 0. The van der Waals surface area contributed by atoms with Crippen molar-refractivity contribution in [2.24, 2.45) is 0 Å². The molecule has 2 heterocycles. The summed E-state index contributed by atoms with van der Waals surface area (Å²) in [6.45, 7) is 3.11. The molecule has 1 saturated heterocycles. The van der Waals surface area contributed by atoms with Crippen LogP contribution in [-0.4, -0.2) is 71.9 Å². The number of rotatable bonds is 8. The third-order valence-electron chi connectivity index (χ3n) is 6.05. The first kappa shape index (κ1) is 27.0. The van der Waals surface area contributed by atoms with Crippen LogP contribution in [-0.2, 0) is 44.7 Å². The second kappa shape index (κ2) is 11.5. The summed E-state index contributed by atoms with van der Waals surface area (Å²) in [5, 5.41) is 0. The van der Waals surface area contributed by atoms with Crippen LogP contribution >= 0.6 is 0 Å². The Balaban J connectivity index is 1.77. The van der Waals surface area contributed by atoms with Gasteiger partial charge in [0.05, 0.1) is 17.7 Å². The number of carbonyl (C=O) groups excluding carboxylic acids is 5. The molecule has 0 radical (unpaired) electrons. The van der Waals surface area contributed by atoms with Gasteiger partial charge >= 0.3 is 17.9 Å². The summed E-state index contributed by atoms with van der Waals surface area (Å²) in [7, 11) is 0. The maximum atomic E-state index is 13.5. The van der Waals surface area contributed by atoms with Crippen molar-refractivity contribution in [3.63, 3.8) is 0 Å². The molecule has 1 fully saturated rings. The SMILES string of the molecule is CC(=O)OC[C@H]1OC(OCc2ccccc2)[C@H](N2C(=O)c3ccccc3C2=O)[C@@H](OC(C)=O)[C@@H]1OC(C)=O. The summed E-state index contributed by atoms with van der Waals surface area (Å²) in [6.07, 6.45) is -5.20. The fraction of sp³-hybridized carbons (Fsp3) is 0.370. The van der Waals surface area contributed by atoms with E-state index in [1.807, 2.05) is 18.2 Å². The molecule has 2 aromatic rings. The topological polar surface area (TPSA) is 135 Å². The van der Waals surface area contributed by atoms with Crippen LogP contribution in [0.15, 0.2) is 54.6 Å². The minimum atomic E-state index is -1.39. The Hall–Kier alpha value is -4.09. The van der Waals surface area contributed by atoms with E-state index in [-0.39, 0.29) is 24.3 Å². The van der Waals surface area contributed by atoms with Gasteiger partial charge in [-0.3, -0.25) is 28.9 Å². The average Bonchev–Trinajstić information content (AvgIpc) is 3.13. The molecule has 4 rings (SSSR count). The summed E-state index contributed by atoms with van der Waals surface area (Å²) in [4.78, 5) is 63.7. The molecule has 2 aromatic carbocycles. The number of carbonyl (C=O) groups is 5. The molecule has 0 spiro atoms. The zero-order valence-electron chi connectivity index (χ0n) is 21.0. The van der Waals surface area contributed by atoms with E-state index in [2.05, 4.69) is 0 Å². The number of hydrogen-bond acceptors (Lipinski definition) is 10. The van der Waals surface area contributed by atoms with E-state index in [9.17, 15) is 24.0 Å². The van der Waals surface area contributed by atoms with Crippen LogP contribution in [0, 0.1) is 0 Å². The van der Waals surface area contributed by atoms with Gasteiger partial charge in [-0.05, 0) is 17.7 Å². The van der Waals surface area contributed by atoms with Gasteiger partial charge in [0, 0.05) is 20.8 Å². The van der Waals surface area contributed by atoms with Crippen LogP contribution in [0.3, 0.4) is 0 Å². The fourth-order valence-electron chi connectivity index (χ4n) is 4.53. The molecular weight excluding hydrogens is 498 g/mol. The standard InChI is InChI=1S/C27H27NO10/c1-15(29)34-14-21-23(36-16(2)30)24(37-17(3)31)22(27(38-21)35-13-18-9-5-4-6-10-18)28-25(32)19-11-7-8-12-20(19)26(28)33/h4-12,21-24,27H,13-14H2,1-3H3/t21-,22-,23-,24-,27?/m1/s1. The van der Waals surface area contributed by atoms with E-state index in [1.165, 1.54) is 19.1 Å². The minimum Gasteiger partial charge on any atom is -0.463 e. The normalized spacial score (nSPS) is 24.5. The highest BCUT2D eigenvalue weighted by molar-refractivity contribution is 6.21. The molecule has 1 unspecified atom stereocenters. The van der Waals surface area contributed by atoms with Gasteiger partial charge in [-0.2, -0.15) is 0 Å².